The Labute approximate surface area is 116 Å². The lowest BCUT2D eigenvalue weighted by Gasteiger charge is -2.18. The van der Waals surface area contributed by atoms with E-state index in [1.807, 2.05) is 24.3 Å². The van der Waals surface area contributed by atoms with E-state index in [-0.39, 0.29) is 17.4 Å². The standard InChI is InChI=1S/C13H17NO4S/c1-14(12(15)8-19-9-13(16)17)7-10-5-3-4-6-11(10)18-2/h3-6H,7-9H2,1-2H3,(H,16,17). The number of carboxylic acids is 1. The Kier molecular flexibility index (Phi) is 6.21. The van der Waals surface area contributed by atoms with Gasteiger partial charge in [0.05, 0.1) is 18.6 Å². The summed E-state index contributed by atoms with van der Waals surface area (Å²) in [7, 11) is 3.28. The number of nitrogens with zero attached hydrogens (tertiary/aromatic N) is 1. The summed E-state index contributed by atoms with van der Waals surface area (Å²) in [4.78, 5) is 23.7. The van der Waals surface area contributed by atoms with Gasteiger partial charge in [0.25, 0.3) is 0 Å². The van der Waals surface area contributed by atoms with Crippen molar-refractivity contribution in [1.29, 1.82) is 0 Å². The molecule has 0 aliphatic rings. The zero-order valence-corrected chi connectivity index (χ0v) is 11.8. The molecule has 0 bridgehead atoms. The molecule has 0 aromatic heterocycles. The lowest BCUT2D eigenvalue weighted by Crippen LogP contribution is -2.28. The predicted molar refractivity (Wildman–Crippen MR) is 74.4 cm³/mol. The highest BCUT2D eigenvalue weighted by atomic mass is 32.2. The molecule has 0 radical (unpaired) electrons. The zero-order chi connectivity index (χ0) is 14.3. The molecular formula is C13H17NO4S. The van der Waals surface area contributed by atoms with Crippen molar-refractivity contribution >= 4 is 23.6 Å². The number of para-hydroxylation sites is 1. The number of aliphatic carboxylic acids is 1. The van der Waals surface area contributed by atoms with Crippen LogP contribution in [0.5, 0.6) is 5.75 Å². The minimum Gasteiger partial charge on any atom is -0.496 e. The number of carboxylic acid groups (broad SMARTS) is 1. The van der Waals surface area contributed by atoms with Crippen molar-refractivity contribution in [3.8, 4) is 5.75 Å². The fraction of sp³-hybridized carbons (Fsp3) is 0.385. The lowest BCUT2D eigenvalue weighted by molar-refractivity contribution is -0.133. The van der Waals surface area contributed by atoms with Crippen LogP contribution in [0.25, 0.3) is 0 Å². The molecule has 0 spiro atoms. The molecule has 0 aliphatic heterocycles. The summed E-state index contributed by atoms with van der Waals surface area (Å²) in [6, 6.07) is 7.49. The summed E-state index contributed by atoms with van der Waals surface area (Å²) >= 11 is 1.10. The van der Waals surface area contributed by atoms with Crippen LogP contribution in [0.2, 0.25) is 0 Å². The Morgan fingerprint density at radius 3 is 2.63 bits per heavy atom. The number of carbonyl (C=O) groups is 2. The van der Waals surface area contributed by atoms with Crippen LogP contribution in [0.1, 0.15) is 5.56 Å². The van der Waals surface area contributed by atoms with Crippen LogP contribution in [0, 0.1) is 0 Å². The molecule has 19 heavy (non-hydrogen) atoms. The van der Waals surface area contributed by atoms with Gasteiger partial charge in [-0.3, -0.25) is 9.59 Å². The summed E-state index contributed by atoms with van der Waals surface area (Å²) < 4.78 is 5.22. The molecule has 1 amide bonds. The van der Waals surface area contributed by atoms with Gasteiger partial charge in [0.15, 0.2) is 0 Å². The molecule has 0 aliphatic carbocycles. The van der Waals surface area contributed by atoms with Gasteiger partial charge in [-0.05, 0) is 6.07 Å². The molecule has 1 aromatic rings. The first-order chi connectivity index (χ1) is 9.04. The summed E-state index contributed by atoms with van der Waals surface area (Å²) in [6.07, 6.45) is 0. The second-order valence-corrected chi connectivity index (χ2v) is 4.93. The molecular weight excluding hydrogens is 266 g/mol. The van der Waals surface area contributed by atoms with E-state index < -0.39 is 5.97 Å². The quantitative estimate of drug-likeness (QED) is 0.821. The smallest absolute Gasteiger partial charge is 0.313 e. The van der Waals surface area contributed by atoms with E-state index >= 15 is 0 Å². The van der Waals surface area contributed by atoms with Crippen molar-refractivity contribution < 1.29 is 19.4 Å². The highest BCUT2D eigenvalue weighted by molar-refractivity contribution is 8.00. The summed E-state index contributed by atoms with van der Waals surface area (Å²) in [5, 5.41) is 8.51. The third kappa shape index (κ3) is 5.21. The first kappa shape index (κ1) is 15.4. The van der Waals surface area contributed by atoms with Gasteiger partial charge in [-0.2, -0.15) is 0 Å². The molecule has 0 heterocycles. The molecule has 0 saturated carbocycles. The molecule has 5 nitrogen and oxygen atoms in total. The third-order valence-corrected chi connectivity index (χ3v) is 3.38. The number of carbonyl (C=O) groups excluding carboxylic acids is 1. The van der Waals surface area contributed by atoms with Crippen LogP contribution in [-0.4, -0.2) is 47.5 Å². The fourth-order valence-corrected chi connectivity index (χ4v) is 2.18. The minimum atomic E-state index is -0.912. The molecule has 104 valence electrons. The normalized spacial score (nSPS) is 10.0. The van der Waals surface area contributed by atoms with Crippen molar-refractivity contribution in [1.82, 2.24) is 4.90 Å². The van der Waals surface area contributed by atoms with Gasteiger partial charge in [-0.1, -0.05) is 18.2 Å². The fourth-order valence-electron chi connectivity index (χ4n) is 1.51. The van der Waals surface area contributed by atoms with E-state index in [2.05, 4.69) is 0 Å². The van der Waals surface area contributed by atoms with Crippen LogP contribution in [-0.2, 0) is 16.1 Å². The lowest BCUT2D eigenvalue weighted by atomic mass is 10.2. The third-order valence-electron chi connectivity index (χ3n) is 2.48. The minimum absolute atomic E-state index is 0.0613. The van der Waals surface area contributed by atoms with Crippen molar-refractivity contribution in [3.63, 3.8) is 0 Å². The molecule has 0 unspecified atom stereocenters. The Morgan fingerprint density at radius 2 is 2.00 bits per heavy atom. The molecule has 1 rings (SSSR count). The number of thioether (sulfide) groups is 1. The Balaban J connectivity index is 2.51. The highest BCUT2D eigenvalue weighted by Crippen LogP contribution is 2.19. The van der Waals surface area contributed by atoms with E-state index in [4.69, 9.17) is 9.84 Å². The maximum absolute atomic E-state index is 11.8. The molecule has 6 heteroatoms. The zero-order valence-electron chi connectivity index (χ0n) is 11.0. The summed E-state index contributed by atoms with van der Waals surface area (Å²) in [5.74, 6) is -0.172. The van der Waals surface area contributed by atoms with Crippen molar-refractivity contribution in [2.45, 2.75) is 6.54 Å². The van der Waals surface area contributed by atoms with Crippen LogP contribution in [0.15, 0.2) is 24.3 Å². The van der Waals surface area contributed by atoms with Gasteiger partial charge in [-0.25, -0.2) is 0 Å². The van der Waals surface area contributed by atoms with E-state index in [9.17, 15) is 9.59 Å². The highest BCUT2D eigenvalue weighted by Gasteiger charge is 2.12. The van der Waals surface area contributed by atoms with E-state index in [1.54, 1.807) is 19.1 Å². The van der Waals surface area contributed by atoms with Crippen LogP contribution in [0.4, 0.5) is 0 Å². The maximum Gasteiger partial charge on any atom is 0.313 e. The summed E-state index contributed by atoms with van der Waals surface area (Å²) in [5.41, 5.74) is 0.920. The summed E-state index contributed by atoms with van der Waals surface area (Å²) in [6.45, 7) is 0.441. The van der Waals surface area contributed by atoms with Gasteiger partial charge in [-0.15, -0.1) is 11.8 Å². The van der Waals surface area contributed by atoms with Gasteiger partial charge in [0.1, 0.15) is 5.75 Å². The topological polar surface area (TPSA) is 66.8 Å². The number of methoxy groups -OCH3 is 1. The average Bonchev–Trinajstić information content (AvgIpc) is 2.38. The number of hydrogen-bond acceptors (Lipinski definition) is 4. The van der Waals surface area contributed by atoms with Gasteiger partial charge < -0.3 is 14.7 Å². The van der Waals surface area contributed by atoms with Crippen LogP contribution >= 0.6 is 11.8 Å². The molecule has 1 aromatic carbocycles. The average molecular weight is 283 g/mol. The first-order valence-corrected chi connectivity index (χ1v) is 6.85. The van der Waals surface area contributed by atoms with Crippen LogP contribution < -0.4 is 4.74 Å². The molecule has 1 N–H and O–H groups in total. The van der Waals surface area contributed by atoms with Gasteiger partial charge >= 0.3 is 5.97 Å². The van der Waals surface area contributed by atoms with Crippen molar-refractivity contribution in [2.75, 3.05) is 25.7 Å². The number of rotatable bonds is 7. The Bertz CT molecular complexity index is 450. The number of amides is 1. The number of ether oxygens (including phenoxy) is 1. The van der Waals surface area contributed by atoms with E-state index in [0.29, 0.717) is 6.54 Å². The Morgan fingerprint density at radius 1 is 1.32 bits per heavy atom. The van der Waals surface area contributed by atoms with Crippen LogP contribution in [0.3, 0.4) is 0 Å². The van der Waals surface area contributed by atoms with Crippen molar-refractivity contribution in [3.05, 3.63) is 29.8 Å². The van der Waals surface area contributed by atoms with E-state index in [0.717, 1.165) is 23.1 Å². The number of benzene rings is 1. The maximum atomic E-state index is 11.8. The molecule has 0 fully saturated rings. The van der Waals surface area contributed by atoms with Gasteiger partial charge in [0.2, 0.25) is 5.91 Å². The van der Waals surface area contributed by atoms with Gasteiger partial charge in [0, 0.05) is 19.2 Å². The largest absolute Gasteiger partial charge is 0.496 e. The Hall–Kier alpha value is -1.69. The molecule has 0 saturated heterocycles. The first-order valence-electron chi connectivity index (χ1n) is 5.70. The SMILES string of the molecule is COc1ccccc1CN(C)C(=O)CSCC(=O)O. The van der Waals surface area contributed by atoms with E-state index in [1.165, 1.54) is 0 Å². The van der Waals surface area contributed by atoms with Crippen molar-refractivity contribution in [2.24, 2.45) is 0 Å². The molecule has 0 atom stereocenters. The number of hydrogen-bond donors (Lipinski definition) is 1. The second-order valence-electron chi connectivity index (χ2n) is 3.95. The second kappa shape index (κ2) is 7.68. The monoisotopic (exact) mass is 283 g/mol. The predicted octanol–water partition coefficient (Wildman–Crippen LogP) is 1.47.